The number of nitrogens with two attached hydrogens (primary N) is 1. The molecule has 1 aromatic heterocycles. The Balaban J connectivity index is 2.02. The molecular weight excluding hydrogens is 280 g/mol. The van der Waals surface area contributed by atoms with E-state index in [2.05, 4.69) is 4.98 Å². The lowest BCUT2D eigenvalue weighted by molar-refractivity contribution is 0.0467. The van der Waals surface area contributed by atoms with Gasteiger partial charge < -0.3 is 15.2 Å². The zero-order valence-corrected chi connectivity index (χ0v) is 11.6. The van der Waals surface area contributed by atoms with Crippen LogP contribution in [-0.2, 0) is 11.3 Å². The molecule has 0 spiro atoms. The third-order valence-corrected chi connectivity index (χ3v) is 2.90. The van der Waals surface area contributed by atoms with E-state index < -0.39 is 5.97 Å². The van der Waals surface area contributed by atoms with Gasteiger partial charge >= 0.3 is 5.97 Å². The number of carbonyl (C=O) groups excluding carboxylic acids is 1. The number of ether oxygens (including phenoxy) is 2. The molecule has 2 rings (SSSR count). The second kappa shape index (κ2) is 6.25. The fourth-order valence-electron chi connectivity index (χ4n) is 1.53. The molecule has 2 aromatic rings. The molecule has 0 bridgehead atoms. The summed E-state index contributed by atoms with van der Waals surface area (Å²) in [6.07, 6.45) is 0. The van der Waals surface area contributed by atoms with Gasteiger partial charge in [0.25, 0.3) is 0 Å². The summed E-state index contributed by atoms with van der Waals surface area (Å²) in [5, 5.41) is 0.318. The van der Waals surface area contributed by atoms with Crippen molar-refractivity contribution in [2.45, 2.75) is 6.61 Å². The van der Waals surface area contributed by atoms with Gasteiger partial charge in [0.1, 0.15) is 6.61 Å². The Bertz CT molecular complexity index is 632. The molecule has 0 saturated carbocycles. The molecule has 0 saturated heterocycles. The maximum atomic E-state index is 11.9. The minimum absolute atomic E-state index is 0.0536. The van der Waals surface area contributed by atoms with Crippen LogP contribution in [0, 0.1) is 0 Å². The summed E-state index contributed by atoms with van der Waals surface area (Å²) in [5.41, 5.74) is 6.93. The molecular formula is C14H13ClN2O3. The highest BCUT2D eigenvalue weighted by atomic mass is 35.5. The summed E-state index contributed by atoms with van der Waals surface area (Å²) in [5.74, 6) is -0.0226. The Hall–Kier alpha value is -2.27. The first-order valence-corrected chi connectivity index (χ1v) is 6.20. The molecule has 0 fully saturated rings. The van der Waals surface area contributed by atoms with Crippen LogP contribution in [0.15, 0.2) is 36.4 Å². The number of hydrogen-bond donors (Lipinski definition) is 1. The molecule has 1 aromatic carbocycles. The van der Waals surface area contributed by atoms with E-state index in [1.165, 1.54) is 13.2 Å². The van der Waals surface area contributed by atoms with Crippen molar-refractivity contribution < 1.29 is 14.3 Å². The lowest BCUT2D eigenvalue weighted by atomic mass is 10.2. The number of anilines is 1. The van der Waals surface area contributed by atoms with Gasteiger partial charge in [-0.05, 0) is 24.3 Å². The molecule has 0 aliphatic rings. The maximum absolute atomic E-state index is 11.9. The number of carbonyl (C=O) groups is 1. The first-order valence-electron chi connectivity index (χ1n) is 5.82. The Morgan fingerprint density at radius 3 is 2.85 bits per heavy atom. The van der Waals surface area contributed by atoms with Crippen LogP contribution in [0.2, 0.25) is 5.02 Å². The fraction of sp³-hybridized carbons (Fsp3) is 0.143. The topological polar surface area (TPSA) is 74.4 Å². The zero-order chi connectivity index (χ0) is 14.5. The molecule has 1 heterocycles. The van der Waals surface area contributed by atoms with Crippen LogP contribution >= 0.6 is 11.6 Å². The van der Waals surface area contributed by atoms with Crippen LogP contribution in [0.3, 0.4) is 0 Å². The lowest BCUT2D eigenvalue weighted by Gasteiger charge is -2.06. The van der Waals surface area contributed by atoms with Crippen molar-refractivity contribution in [3.8, 4) is 5.88 Å². The van der Waals surface area contributed by atoms with Gasteiger partial charge in [-0.25, -0.2) is 9.78 Å². The Kier molecular flexibility index (Phi) is 4.42. The van der Waals surface area contributed by atoms with E-state index in [1.807, 2.05) is 0 Å². The summed E-state index contributed by atoms with van der Waals surface area (Å²) in [4.78, 5) is 16.0. The number of nitrogens with zero attached hydrogens (tertiary/aromatic N) is 1. The third kappa shape index (κ3) is 3.39. The maximum Gasteiger partial charge on any atom is 0.338 e. The predicted molar refractivity (Wildman–Crippen MR) is 75.8 cm³/mol. The van der Waals surface area contributed by atoms with Crippen LogP contribution in [0.4, 0.5) is 5.69 Å². The highest BCUT2D eigenvalue weighted by Gasteiger charge is 2.10. The highest BCUT2D eigenvalue weighted by Crippen LogP contribution is 2.20. The number of hydrogen-bond acceptors (Lipinski definition) is 5. The van der Waals surface area contributed by atoms with Crippen molar-refractivity contribution in [1.29, 1.82) is 0 Å². The standard InChI is InChI=1S/C14H13ClN2O3/c1-19-13-4-2-3-10(17-13)8-20-14(18)9-5-6-12(16)11(15)7-9/h2-7H,8,16H2,1H3. The van der Waals surface area contributed by atoms with E-state index >= 15 is 0 Å². The van der Waals surface area contributed by atoms with E-state index in [1.54, 1.807) is 30.3 Å². The first kappa shape index (κ1) is 14.1. The van der Waals surface area contributed by atoms with Gasteiger partial charge in [-0.15, -0.1) is 0 Å². The summed E-state index contributed by atoms with van der Waals surface area (Å²) < 4.78 is 10.1. The molecule has 0 amide bonds. The molecule has 0 aliphatic heterocycles. The molecule has 0 aliphatic carbocycles. The summed E-state index contributed by atoms with van der Waals surface area (Å²) >= 11 is 5.85. The van der Waals surface area contributed by atoms with Gasteiger partial charge in [0.05, 0.1) is 29.1 Å². The number of rotatable bonds is 4. The average Bonchev–Trinajstić information content (AvgIpc) is 2.47. The second-order valence-corrected chi connectivity index (χ2v) is 4.39. The number of aromatic nitrogens is 1. The number of nitrogen functional groups attached to an aromatic ring is 1. The van der Waals surface area contributed by atoms with Crippen molar-refractivity contribution in [1.82, 2.24) is 4.98 Å². The normalized spacial score (nSPS) is 10.1. The smallest absolute Gasteiger partial charge is 0.338 e. The van der Waals surface area contributed by atoms with Gasteiger partial charge in [-0.1, -0.05) is 17.7 Å². The number of methoxy groups -OCH3 is 1. The Morgan fingerprint density at radius 2 is 2.15 bits per heavy atom. The molecule has 5 nitrogen and oxygen atoms in total. The number of halogens is 1. The van der Waals surface area contributed by atoms with Gasteiger partial charge in [-0.2, -0.15) is 0 Å². The van der Waals surface area contributed by atoms with Crippen molar-refractivity contribution in [2.24, 2.45) is 0 Å². The van der Waals surface area contributed by atoms with Crippen LogP contribution in [0.5, 0.6) is 5.88 Å². The molecule has 20 heavy (non-hydrogen) atoms. The summed E-state index contributed by atoms with van der Waals surface area (Å²) in [6, 6.07) is 9.81. The quantitative estimate of drug-likeness (QED) is 0.693. The van der Waals surface area contributed by atoms with Crippen LogP contribution in [-0.4, -0.2) is 18.1 Å². The van der Waals surface area contributed by atoms with Gasteiger partial charge in [0.2, 0.25) is 5.88 Å². The Morgan fingerprint density at radius 1 is 1.35 bits per heavy atom. The number of benzene rings is 1. The number of esters is 1. The van der Waals surface area contributed by atoms with E-state index in [0.29, 0.717) is 27.8 Å². The zero-order valence-electron chi connectivity index (χ0n) is 10.8. The third-order valence-electron chi connectivity index (χ3n) is 2.58. The van der Waals surface area contributed by atoms with Crippen LogP contribution in [0.25, 0.3) is 0 Å². The molecule has 0 atom stereocenters. The fourth-order valence-corrected chi connectivity index (χ4v) is 1.71. The van der Waals surface area contributed by atoms with Crippen molar-refractivity contribution in [3.05, 3.63) is 52.7 Å². The second-order valence-electron chi connectivity index (χ2n) is 3.98. The van der Waals surface area contributed by atoms with E-state index in [4.69, 9.17) is 26.8 Å². The van der Waals surface area contributed by atoms with Crippen molar-refractivity contribution in [2.75, 3.05) is 12.8 Å². The monoisotopic (exact) mass is 292 g/mol. The summed E-state index contributed by atoms with van der Waals surface area (Å²) in [7, 11) is 1.52. The average molecular weight is 293 g/mol. The number of pyridine rings is 1. The minimum atomic E-state index is -0.489. The van der Waals surface area contributed by atoms with Gasteiger partial charge in [-0.3, -0.25) is 0 Å². The Labute approximate surface area is 121 Å². The molecule has 0 radical (unpaired) electrons. The van der Waals surface area contributed by atoms with E-state index in [0.717, 1.165) is 0 Å². The molecule has 2 N–H and O–H groups in total. The van der Waals surface area contributed by atoms with E-state index in [9.17, 15) is 4.79 Å². The molecule has 6 heteroatoms. The minimum Gasteiger partial charge on any atom is -0.481 e. The molecule has 0 unspecified atom stereocenters. The lowest BCUT2D eigenvalue weighted by Crippen LogP contribution is -2.06. The first-order chi connectivity index (χ1) is 9.60. The van der Waals surface area contributed by atoms with Gasteiger partial charge in [0.15, 0.2) is 0 Å². The summed E-state index contributed by atoms with van der Waals surface area (Å²) in [6.45, 7) is 0.0536. The predicted octanol–water partition coefficient (Wildman–Crippen LogP) is 2.68. The SMILES string of the molecule is COc1cccc(COC(=O)c2ccc(N)c(Cl)c2)n1. The van der Waals surface area contributed by atoms with Crippen molar-refractivity contribution >= 4 is 23.3 Å². The highest BCUT2D eigenvalue weighted by molar-refractivity contribution is 6.33. The van der Waals surface area contributed by atoms with Crippen LogP contribution < -0.4 is 10.5 Å². The largest absolute Gasteiger partial charge is 0.481 e. The van der Waals surface area contributed by atoms with Gasteiger partial charge in [0, 0.05) is 6.07 Å². The van der Waals surface area contributed by atoms with Crippen LogP contribution in [0.1, 0.15) is 16.1 Å². The van der Waals surface area contributed by atoms with E-state index in [-0.39, 0.29) is 6.61 Å². The van der Waals surface area contributed by atoms with Crippen molar-refractivity contribution in [3.63, 3.8) is 0 Å². The molecule has 104 valence electrons.